The molecule has 0 N–H and O–H groups in total. The average molecular weight is 412 g/mol. The molecule has 0 saturated carbocycles. The van der Waals surface area contributed by atoms with Crippen molar-refractivity contribution in [2.75, 3.05) is 28.4 Å². The molecule has 30 heavy (non-hydrogen) atoms. The van der Waals surface area contributed by atoms with Gasteiger partial charge in [-0.2, -0.15) is 0 Å². The molecule has 0 aromatic heterocycles. The highest BCUT2D eigenvalue weighted by molar-refractivity contribution is 6.07. The number of allylic oxidation sites excluding steroid dienone is 3. The number of hydrogen-bond donors (Lipinski definition) is 0. The molecule has 6 heteroatoms. The molecule has 3 rings (SSSR count). The third-order valence-electron chi connectivity index (χ3n) is 5.14. The topological polar surface area (TPSA) is 63.2 Å². The van der Waals surface area contributed by atoms with Crippen molar-refractivity contribution in [2.45, 2.75) is 32.0 Å². The summed E-state index contributed by atoms with van der Waals surface area (Å²) in [5, 5.41) is 0. The van der Waals surface area contributed by atoms with E-state index in [1.807, 2.05) is 26.0 Å². The van der Waals surface area contributed by atoms with Gasteiger partial charge in [0.15, 0.2) is 5.78 Å². The minimum Gasteiger partial charge on any atom is -0.498 e. The van der Waals surface area contributed by atoms with Gasteiger partial charge < -0.3 is 23.7 Å². The van der Waals surface area contributed by atoms with E-state index in [2.05, 4.69) is 0 Å². The van der Waals surface area contributed by atoms with Crippen molar-refractivity contribution in [2.24, 2.45) is 0 Å². The lowest BCUT2D eigenvalue weighted by Crippen LogP contribution is -2.27. The van der Waals surface area contributed by atoms with Crippen LogP contribution in [0.15, 0.2) is 53.5 Å². The highest BCUT2D eigenvalue weighted by atomic mass is 16.5. The Kier molecular flexibility index (Phi) is 6.37. The van der Waals surface area contributed by atoms with Gasteiger partial charge in [0, 0.05) is 19.6 Å². The van der Waals surface area contributed by atoms with Crippen LogP contribution in [0.1, 0.15) is 36.2 Å². The first-order valence-corrected chi connectivity index (χ1v) is 9.70. The summed E-state index contributed by atoms with van der Waals surface area (Å²) in [6.45, 7) is 3.95. The van der Waals surface area contributed by atoms with Gasteiger partial charge in [-0.3, -0.25) is 4.79 Å². The third kappa shape index (κ3) is 4.28. The van der Waals surface area contributed by atoms with Crippen LogP contribution in [0.25, 0.3) is 6.08 Å². The van der Waals surface area contributed by atoms with E-state index in [9.17, 15) is 4.79 Å². The fraction of sp³-hybridized carbons (Fsp3) is 0.375. The number of ketones is 1. The summed E-state index contributed by atoms with van der Waals surface area (Å²) in [5.74, 6) is 2.34. The number of carbonyl (C=O) groups is 1. The molecule has 0 saturated heterocycles. The predicted molar refractivity (Wildman–Crippen MR) is 115 cm³/mol. The predicted octanol–water partition coefficient (Wildman–Crippen LogP) is 4.47. The van der Waals surface area contributed by atoms with Gasteiger partial charge in [0.1, 0.15) is 34.7 Å². The maximum Gasteiger partial charge on any atom is 0.189 e. The van der Waals surface area contributed by atoms with E-state index in [1.54, 1.807) is 52.7 Å². The fourth-order valence-corrected chi connectivity index (χ4v) is 3.56. The molecular formula is C24H28O6. The highest BCUT2D eigenvalue weighted by Gasteiger charge is 2.27. The fourth-order valence-electron chi connectivity index (χ4n) is 3.56. The molecule has 1 aromatic carbocycles. The summed E-state index contributed by atoms with van der Waals surface area (Å²) < 4.78 is 27.8. The van der Waals surface area contributed by atoms with Gasteiger partial charge in [0.05, 0.1) is 32.5 Å². The molecule has 1 unspecified atom stereocenters. The lowest BCUT2D eigenvalue weighted by molar-refractivity contribution is 0.0744. The van der Waals surface area contributed by atoms with Crippen LogP contribution < -0.4 is 9.47 Å². The van der Waals surface area contributed by atoms with E-state index >= 15 is 0 Å². The molecule has 6 nitrogen and oxygen atoms in total. The maximum absolute atomic E-state index is 13.0. The van der Waals surface area contributed by atoms with E-state index in [0.717, 1.165) is 11.1 Å². The number of carbonyl (C=O) groups excluding carboxylic acids is 1. The van der Waals surface area contributed by atoms with Crippen molar-refractivity contribution in [3.8, 4) is 11.5 Å². The molecule has 0 bridgehead atoms. The average Bonchev–Trinajstić information content (AvgIpc) is 2.74. The Morgan fingerprint density at radius 1 is 1.13 bits per heavy atom. The Hall–Kier alpha value is -2.99. The number of fused-ring (bicyclic) bond motifs is 1. The van der Waals surface area contributed by atoms with E-state index in [4.69, 9.17) is 23.7 Å². The molecule has 0 fully saturated rings. The number of rotatable bonds is 7. The molecule has 0 spiro atoms. The molecule has 0 radical (unpaired) electrons. The van der Waals surface area contributed by atoms with E-state index < -0.39 is 5.60 Å². The number of hydrogen-bond acceptors (Lipinski definition) is 6. The first-order chi connectivity index (χ1) is 14.3. The summed E-state index contributed by atoms with van der Waals surface area (Å²) in [4.78, 5) is 13.0. The second-order valence-corrected chi connectivity index (χ2v) is 7.57. The van der Waals surface area contributed by atoms with Gasteiger partial charge in [-0.05, 0) is 49.8 Å². The van der Waals surface area contributed by atoms with Crippen LogP contribution in [0, 0.1) is 0 Å². The molecule has 1 aromatic rings. The molecule has 0 amide bonds. The molecule has 1 aliphatic carbocycles. The number of benzene rings is 1. The second kappa shape index (κ2) is 8.79. The van der Waals surface area contributed by atoms with Crippen LogP contribution in [0.3, 0.4) is 0 Å². The van der Waals surface area contributed by atoms with Crippen LogP contribution in [0.4, 0.5) is 0 Å². The van der Waals surface area contributed by atoms with E-state index in [-0.39, 0.29) is 11.9 Å². The summed E-state index contributed by atoms with van der Waals surface area (Å²) in [6.07, 6.45) is 9.25. The summed E-state index contributed by atoms with van der Waals surface area (Å²) >= 11 is 0. The Morgan fingerprint density at radius 2 is 1.90 bits per heavy atom. The summed E-state index contributed by atoms with van der Waals surface area (Å²) in [5.41, 5.74) is 1.67. The first-order valence-electron chi connectivity index (χ1n) is 9.70. The number of methoxy groups -OCH3 is 4. The Balaban J connectivity index is 1.92. The van der Waals surface area contributed by atoms with Crippen molar-refractivity contribution in [3.63, 3.8) is 0 Å². The highest BCUT2D eigenvalue weighted by Crippen LogP contribution is 2.39. The van der Waals surface area contributed by atoms with Gasteiger partial charge in [-0.25, -0.2) is 0 Å². The third-order valence-corrected chi connectivity index (χ3v) is 5.14. The largest absolute Gasteiger partial charge is 0.498 e. The first kappa shape index (κ1) is 21.7. The smallest absolute Gasteiger partial charge is 0.189 e. The monoisotopic (exact) mass is 412 g/mol. The minimum absolute atomic E-state index is 0.175. The molecule has 1 aliphatic heterocycles. The zero-order chi connectivity index (χ0) is 21.9. The van der Waals surface area contributed by atoms with Crippen LogP contribution in [0.5, 0.6) is 11.5 Å². The summed E-state index contributed by atoms with van der Waals surface area (Å²) in [6, 6.07) is 3.53. The minimum atomic E-state index is -0.403. The van der Waals surface area contributed by atoms with Gasteiger partial charge in [-0.1, -0.05) is 6.08 Å². The SMILES string of the molecule is COC1=CC(OC)=C(/C=C/C(=O)c2ccc3c(c2OC)C=CC(C)(C)O3)CC1OC. The lowest BCUT2D eigenvalue weighted by atomic mass is 9.96. The normalized spacial score (nSPS) is 19.8. The van der Waals surface area contributed by atoms with Crippen LogP contribution in [-0.4, -0.2) is 45.9 Å². The quantitative estimate of drug-likeness (QED) is 0.486. The molecular weight excluding hydrogens is 384 g/mol. The standard InChI is InChI=1S/C24H28O6/c1-24(2)12-11-17-19(30-24)10-8-16(23(17)29-6)18(25)9-7-15-13-21(27-4)22(28-5)14-20(15)26-3/h7-12,14,21H,13H2,1-6H3/b9-7+. The van der Waals surface area contributed by atoms with Crippen molar-refractivity contribution >= 4 is 11.9 Å². The summed E-state index contributed by atoms with van der Waals surface area (Å²) in [7, 11) is 6.35. The molecule has 160 valence electrons. The van der Waals surface area contributed by atoms with Gasteiger partial charge in [-0.15, -0.1) is 0 Å². The van der Waals surface area contributed by atoms with E-state index in [1.165, 1.54) is 6.08 Å². The Labute approximate surface area is 177 Å². The number of ether oxygens (including phenoxy) is 5. The van der Waals surface area contributed by atoms with Crippen LogP contribution in [-0.2, 0) is 14.2 Å². The van der Waals surface area contributed by atoms with Gasteiger partial charge in [0.2, 0.25) is 0 Å². The van der Waals surface area contributed by atoms with Gasteiger partial charge >= 0.3 is 0 Å². The van der Waals surface area contributed by atoms with Crippen molar-refractivity contribution in [1.29, 1.82) is 0 Å². The van der Waals surface area contributed by atoms with Crippen LogP contribution in [0.2, 0.25) is 0 Å². The lowest BCUT2D eigenvalue weighted by Gasteiger charge is -2.29. The zero-order valence-corrected chi connectivity index (χ0v) is 18.3. The Bertz CT molecular complexity index is 949. The molecule has 1 atom stereocenters. The van der Waals surface area contributed by atoms with Crippen molar-refractivity contribution < 1.29 is 28.5 Å². The maximum atomic E-state index is 13.0. The van der Waals surface area contributed by atoms with Gasteiger partial charge in [0.25, 0.3) is 0 Å². The van der Waals surface area contributed by atoms with E-state index in [0.29, 0.717) is 35.0 Å². The Morgan fingerprint density at radius 3 is 2.53 bits per heavy atom. The second-order valence-electron chi connectivity index (χ2n) is 7.57. The van der Waals surface area contributed by atoms with Crippen LogP contribution >= 0.6 is 0 Å². The van der Waals surface area contributed by atoms with Crippen molar-refractivity contribution in [3.05, 3.63) is 64.7 Å². The zero-order valence-electron chi connectivity index (χ0n) is 18.3. The van der Waals surface area contributed by atoms with Crippen molar-refractivity contribution in [1.82, 2.24) is 0 Å². The molecule has 2 aliphatic rings. The molecule has 1 heterocycles.